The third-order valence-electron chi connectivity index (χ3n) is 7.31. The summed E-state index contributed by atoms with van der Waals surface area (Å²) in [6.45, 7) is 7.49. The van der Waals surface area contributed by atoms with Crippen LogP contribution < -0.4 is 43.4 Å². The number of primary amides is 1. The maximum absolute atomic E-state index is 13.3. The van der Waals surface area contributed by atoms with Gasteiger partial charge in [0, 0.05) is 12.8 Å². The van der Waals surface area contributed by atoms with Crippen molar-refractivity contribution in [2.45, 2.75) is 109 Å². The van der Waals surface area contributed by atoms with Gasteiger partial charge in [0.15, 0.2) is 0 Å². The lowest BCUT2D eigenvalue weighted by molar-refractivity contribution is -0.139. The van der Waals surface area contributed by atoms with Crippen LogP contribution in [0.5, 0.6) is 0 Å². The van der Waals surface area contributed by atoms with Crippen molar-refractivity contribution in [1.29, 1.82) is 0 Å². The summed E-state index contributed by atoms with van der Waals surface area (Å²) in [6.07, 6.45) is 0.960. The van der Waals surface area contributed by atoms with Crippen LogP contribution in [0.2, 0.25) is 0 Å². The van der Waals surface area contributed by atoms with E-state index in [2.05, 4.69) is 31.9 Å². The van der Waals surface area contributed by atoms with Crippen LogP contribution in [0, 0.1) is 11.8 Å². The Hall–Kier alpha value is -4.46. The minimum Gasteiger partial charge on any atom is -0.481 e. The zero-order chi connectivity index (χ0) is 39.4. The molecule has 19 nitrogen and oxygen atoms in total. The first-order valence-electron chi connectivity index (χ1n) is 16.5. The number of amides is 7. The van der Waals surface area contributed by atoms with Crippen LogP contribution >= 0.6 is 11.8 Å². The largest absolute Gasteiger partial charge is 0.481 e. The Morgan fingerprint density at radius 1 is 0.627 bits per heavy atom. The molecule has 0 radical (unpaired) electrons. The zero-order valence-electron chi connectivity index (χ0n) is 29.9. The number of rotatable bonds is 25. The van der Waals surface area contributed by atoms with E-state index in [9.17, 15) is 43.2 Å². The van der Waals surface area contributed by atoms with Crippen molar-refractivity contribution in [1.82, 2.24) is 31.9 Å². The van der Waals surface area contributed by atoms with Gasteiger partial charge in [0.25, 0.3) is 0 Å². The molecule has 0 aliphatic carbocycles. The van der Waals surface area contributed by atoms with Gasteiger partial charge in [-0.25, -0.2) is 0 Å². The number of carboxylic acid groups (broad SMARTS) is 2. The molecule has 0 aliphatic heterocycles. The number of thioether (sulfide) groups is 1. The van der Waals surface area contributed by atoms with E-state index in [1.807, 2.05) is 0 Å². The fourth-order valence-electron chi connectivity index (χ4n) is 4.46. The maximum atomic E-state index is 13.3. The molecule has 0 saturated heterocycles. The molecule has 7 amide bonds. The number of hydrogen-bond donors (Lipinski definition) is 10. The highest BCUT2D eigenvalue weighted by Crippen LogP contribution is 2.09. The number of hydrogen-bond acceptors (Lipinski definition) is 11. The van der Waals surface area contributed by atoms with Crippen molar-refractivity contribution >= 4 is 65.1 Å². The van der Waals surface area contributed by atoms with E-state index in [1.54, 1.807) is 34.0 Å². The number of carboxylic acids is 2. The summed E-state index contributed by atoms with van der Waals surface area (Å²) in [6, 6.07) is -7.32. The van der Waals surface area contributed by atoms with Crippen LogP contribution in [0.4, 0.5) is 0 Å². The van der Waals surface area contributed by atoms with Crippen molar-refractivity contribution in [2.75, 3.05) is 18.6 Å². The normalized spacial score (nSPS) is 14.5. The molecule has 0 aromatic rings. The summed E-state index contributed by atoms with van der Waals surface area (Å²) in [5.41, 5.74) is 11.0. The summed E-state index contributed by atoms with van der Waals surface area (Å²) in [4.78, 5) is 112. The Bertz CT molecular complexity index is 1250. The standard InChI is InChI=1S/C31H54N8O11S/c1-15(2)13-21(28(47)34-14-24(43)44)38-30(49)20(11-12-51-6)36-26(45)17(5)35-29(48)19(8-9-22(33)40)37-31(50)25(16(3)4)39-27(46)18(32)7-10-23(41)42/h15-21,25H,7-14,32H2,1-6H3,(H2,33,40)(H,34,47)(H,35,48)(H,36,45)(H,37,50)(H,38,49)(H,39,46)(H,41,42)(H,43,44)/t17-,18-,19-,20-,21-,25-/m0/s1. The highest BCUT2D eigenvalue weighted by molar-refractivity contribution is 7.98. The van der Waals surface area contributed by atoms with Gasteiger partial charge in [-0.15, -0.1) is 0 Å². The van der Waals surface area contributed by atoms with Crippen LogP contribution in [-0.2, 0) is 43.2 Å². The number of nitrogens with two attached hydrogens (primary N) is 2. The Labute approximate surface area is 301 Å². The van der Waals surface area contributed by atoms with Crippen LogP contribution in [0.1, 0.15) is 73.1 Å². The summed E-state index contributed by atoms with van der Waals surface area (Å²) < 4.78 is 0. The lowest BCUT2D eigenvalue weighted by Crippen LogP contribution is -2.59. The van der Waals surface area contributed by atoms with E-state index < -0.39 is 102 Å². The average Bonchev–Trinajstić information content (AvgIpc) is 3.03. The van der Waals surface area contributed by atoms with E-state index in [1.165, 1.54) is 18.7 Å². The molecule has 0 saturated carbocycles. The summed E-state index contributed by atoms with van der Waals surface area (Å²) in [5.74, 6) is -8.03. The van der Waals surface area contributed by atoms with E-state index in [-0.39, 0.29) is 44.4 Å². The highest BCUT2D eigenvalue weighted by Gasteiger charge is 2.33. The smallest absolute Gasteiger partial charge is 0.322 e. The van der Waals surface area contributed by atoms with E-state index in [4.69, 9.17) is 21.7 Å². The molecule has 0 heterocycles. The topological polar surface area (TPSA) is 318 Å². The van der Waals surface area contributed by atoms with Gasteiger partial charge in [-0.1, -0.05) is 27.7 Å². The SMILES string of the molecule is CSCC[C@H](NC(=O)[C@H](C)NC(=O)[C@H](CCC(N)=O)NC(=O)[C@@H](NC(=O)[C@@H](N)CCC(=O)O)C(C)C)C(=O)N[C@@H](CC(C)C)C(=O)NCC(=O)O. The van der Waals surface area contributed by atoms with Gasteiger partial charge in [0.1, 0.15) is 36.8 Å². The van der Waals surface area contributed by atoms with Gasteiger partial charge in [-0.2, -0.15) is 11.8 Å². The first kappa shape index (κ1) is 46.5. The first-order valence-corrected chi connectivity index (χ1v) is 17.8. The van der Waals surface area contributed by atoms with Crippen LogP contribution in [-0.4, -0.2) is 118 Å². The van der Waals surface area contributed by atoms with Gasteiger partial charge < -0.3 is 53.6 Å². The predicted octanol–water partition coefficient (Wildman–Crippen LogP) is -2.46. The van der Waals surface area contributed by atoms with Gasteiger partial charge >= 0.3 is 11.9 Å². The molecule has 0 aliphatic rings. The molecule has 0 rings (SSSR count). The second-order valence-electron chi connectivity index (χ2n) is 12.7. The molecule has 0 bridgehead atoms. The molecule has 6 atom stereocenters. The second-order valence-corrected chi connectivity index (χ2v) is 13.7. The predicted molar refractivity (Wildman–Crippen MR) is 187 cm³/mol. The molecular formula is C31H54N8O11S. The molecule has 290 valence electrons. The Morgan fingerprint density at radius 2 is 1.18 bits per heavy atom. The fraction of sp³-hybridized carbons (Fsp3) is 0.710. The average molecular weight is 747 g/mol. The van der Waals surface area contributed by atoms with Crippen molar-refractivity contribution < 1.29 is 53.4 Å². The minimum absolute atomic E-state index is 0.0585. The molecule has 0 aromatic carbocycles. The number of carbonyl (C=O) groups excluding carboxylic acids is 7. The molecule has 12 N–H and O–H groups in total. The minimum atomic E-state index is -1.39. The van der Waals surface area contributed by atoms with E-state index in [0.717, 1.165) is 0 Å². The second kappa shape index (κ2) is 23.9. The maximum Gasteiger partial charge on any atom is 0.322 e. The van der Waals surface area contributed by atoms with Crippen LogP contribution in [0.15, 0.2) is 0 Å². The van der Waals surface area contributed by atoms with Crippen molar-refractivity contribution in [3.8, 4) is 0 Å². The van der Waals surface area contributed by atoms with Gasteiger partial charge in [0.05, 0.1) is 6.04 Å². The van der Waals surface area contributed by atoms with E-state index in [0.29, 0.717) is 5.75 Å². The number of carbonyl (C=O) groups is 9. The Kier molecular flexibility index (Phi) is 21.8. The number of aliphatic carboxylic acids is 2. The quantitative estimate of drug-likeness (QED) is 0.0464. The lowest BCUT2D eigenvalue weighted by atomic mass is 10.0. The van der Waals surface area contributed by atoms with Gasteiger partial charge in [-0.05, 0) is 56.5 Å². The molecule has 0 spiro atoms. The highest BCUT2D eigenvalue weighted by atomic mass is 32.2. The van der Waals surface area contributed by atoms with Gasteiger partial charge in [0.2, 0.25) is 41.4 Å². The fourth-order valence-corrected chi connectivity index (χ4v) is 4.94. The summed E-state index contributed by atoms with van der Waals surface area (Å²) in [5, 5.41) is 32.5. The third kappa shape index (κ3) is 19.5. The van der Waals surface area contributed by atoms with Gasteiger partial charge in [-0.3, -0.25) is 43.2 Å². The summed E-state index contributed by atoms with van der Waals surface area (Å²) >= 11 is 1.39. The zero-order valence-corrected chi connectivity index (χ0v) is 30.7. The number of nitrogens with one attached hydrogen (secondary N) is 6. The molecule has 0 fully saturated rings. The molecule has 51 heavy (non-hydrogen) atoms. The Balaban J connectivity index is 5.84. The van der Waals surface area contributed by atoms with Crippen molar-refractivity contribution in [3.05, 3.63) is 0 Å². The monoisotopic (exact) mass is 746 g/mol. The van der Waals surface area contributed by atoms with Crippen molar-refractivity contribution in [3.63, 3.8) is 0 Å². The van der Waals surface area contributed by atoms with Crippen molar-refractivity contribution in [2.24, 2.45) is 23.3 Å². The van der Waals surface area contributed by atoms with Crippen LogP contribution in [0.25, 0.3) is 0 Å². The first-order chi connectivity index (χ1) is 23.7. The molecule has 0 unspecified atom stereocenters. The Morgan fingerprint density at radius 3 is 1.69 bits per heavy atom. The van der Waals surface area contributed by atoms with E-state index >= 15 is 0 Å². The molecular weight excluding hydrogens is 692 g/mol. The molecule has 20 heteroatoms. The third-order valence-corrected chi connectivity index (χ3v) is 7.96. The lowest BCUT2D eigenvalue weighted by Gasteiger charge is -2.27. The van der Waals surface area contributed by atoms with Crippen LogP contribution in [0.3, 0.4) is 0 Å². The summed E-state index contributed by atoms with van der Waals surface area (Å²) in [7, 11) is 0. The molecule has 0 aromatic heterocycles.